The van der Waals surface area contributed by atoms with Gasteiger partial charge in [0.15, 0.2) is 22.1 Å². The number of esters is 1. The van der Waals surface area contributed by atoms with E-state index in [2.05, 4.69) is 5.10 Å². The molecule has 0 bridgehead atoms. The zero-order valence-corrected chi connectivity index (χ0v) is 19.6. The van der Waals surface area contributed by atoms with Crippen molar-refractivity contribution in [2.45, 2.75) is 46.2 Å². The van der Waals surface area contributed by atoms with Gasteiger partial charge in [-0.2, -0.15) is 5.10 Å². The summed E-state index contributed by atoms with van der Waals surface area (Å²) in [6.45, 7) is 7.26. The van der Waals surface area contributed by atoms with Crippen LogP contribution in [0.3, 0.4) is 0 Å². The van der Waals surface area contributed by atoms with Gasteiger partial charge < -0.3 is 9.64 Å². The van der Waals surface area contributed by atoms with Gasteiger partial charge in [-0.25, -0.2) is 17.9 Å². The quantitative estimate of drug-likeness (QED) is 0.575. The fourth-order valence-corrected chi connectivity index (χ4v) is 5.59. The first kappa shape index (κ1) is 23.9. The molecule has 1 atom stereocenters. The molecular weight excluding hydrogens is 434 g/mol. The molecule has 2 aromatic rings. The summed E-state index contributed by atoms with van der Waals surface area (Å²) in [4.78, 5) is 39.9. The van der Waals surface area contributed by atoms with E-state index >= 15 is 0 Å². The van der Waals surface area contributed by atoms with Gasteiger partial charge >= 0.3 is 5.97 Å². The Hall–Kier alpha value is -2.75. The molecule has 3 rings (SSSR count). The van der Waals surface area contributed by atoms with Gasteiger partial charge in [0, 0.05) is 18.0 Å². The molecule has 10 heteroatoms. The van der Waals surface area contributed by atoms with Crippen molar-refractivity contribution in [3.63, 3.8) is 0 Å². The molecule has 0 N–H and O–H groups in total. The maximum Gasteiger partial charge on any atom is 0.359 e. The average molecular weight is 464 g/mol. The van der Waals surface area contributed by atoms with Crippen molar-refractivity contribution in [1.29, 1.82) is 0 Å². The molecule has 1 aromatic carbocycles. The van der Waals surface area contributed by atoms with Gasteiger partial charge in [-0.05, 0) is 32.3 Å². The molecule has 0 spiro atoms. The number of benzene rings is 1. The van der Waals surface area contributed by atoms with Crippen LogP contribution < -0.4 is 5.56 Å². The summed E-state index contributed by atoms with van der Waals surface area (Å²) in [5.74, 6) is -1.17. The van der Waals surface area contributed by atoms with E-state index < -0.39 is 34.4 Å². The molecule has 1 aromatic heterocycles. The second kappa shape index (κ2) is 9.40. The highest BCUT2D eigenvalue weighted by Gasteiger charge is 2.35. The fourth-order valence-electron chi connectivity index (χ4n) is 3.85. The number of ether oxygens (including phenoxy) is 1. The number of carbonyl (C=O) groups is 2. The van der Waals surface area contributed by atoms with Crippen LogP contribution in [-0.2, 0) is 19.4 Å². The number of fused-ring (bicyclic) bond motifs is 1. The summed E-state index contributed by atoms with van der Waals surface area (Å²) >= 11 is 0. The van der Waals surface area contributed by atoms with Gasteiger partial charge in [0.2, 0.25) is 0 Å². The maximum atomic E-state index is 12.9. The van der Waals surface area contributed by atoms with Crippen molar-refractivity contribution in [3.8, 4) is 0 Å². The Morgan fingerprint density at radius 1 is 1.19 bits per heavy atom. The highest BCUT2D eigenvalue weighted by atomic mass is 32.2. The predicted molar refractivity (Wildman–Crippen MR) is 120 cm³/mol. The lowest BCUT2D eigenvalue weighted by molar-refractivity contribution is -0.137. The highest BCUT2D eigenvalue weighted by Crippen LogP contribution is 2.20. The molecule has 1 aliphatic rings. The summed E-state index contributed by atoms with van der Waals surface area (Å²) in [5, 5.41) is 4.89. The van der Waals surface area contributed by atoms with Crippen molar-refractivity contribution < 1.29 is 22.7 Å². The average Bonchev–Trinajstić information content (AvgIpc) is 3.09. The zero-order valence-electron chi connectivity index (χ0n) is 18.8. The molecule has 1 saturated heterocycles. The first-order valence-electron chi connectivity index (χ1n) is 10.7. The molecule has 1 amide bonds. The van der Waals surface area contributed by atoms with Gasteiger partial charge in [0.1, 0.15) is 0 Å². The lowest BCUT2D eigenvalue weighted by Crippen LogP contribution is -2.45. The van der Waals surface area contributed by atoms with Gasteiger partial charge in [-0.1, -0.05) is 32.0 Å². The molecule has 0 saturated carbocycles. The predicted octanol–water partition coefficient (Wildman–Crippen LogP) is 1.81. The molecule has 174 valence electrons. The van der Waals surface area contributed by atoms with E-state index in [4.69, 9.17) is 4.74 Å². The smallest absolute Gasteiger partial charge is 0.359 e. The van der Waals surface area contributed by atoms with Crippen LogP contribution in [0.4, 0.5) is 0 Å². The number of amides is 1. The largest absolute Gasteiger partial charge is 0.451 e. The van der Waals surface area contributed by atoms with Gasteiger partial charge in [0.05, 0.1) is 22.9 Å². The van der Waals surface area contributed by atoms with Crippen LogP contribution in [0, 0.1) is 5.92 Å². The number of sulfone groups is 1. The van der Waals surface area contributed by atoms with Crippen molar-refractivity contribution in [2.75, 3.05) is 24.7 Å². The first-order chi connectivity index (χ1) is 15.0. The second-order valence-corrected chi connectivity index (χ2v) is 11.0. The molecule has 0 radical (unpaired) electrons. The summed E-state index contributed by atoms with van der Waals surface area (Å²) in [5.41, 5.74) is -0.352. The summed E-state index contributed by atoms with van der Waals surface area (Å²) in [7, 11) is -3.17. The summed E-state index contributed by atoms with van der Waals surface area (Å²) < 4.78 is 30.3. The van der Waals surface area contributed by atoms with E-state index in [9.17, 15) is 22.8 Å². The molecule has 2 heterocycles. The van der Waals surface area contributed by atoms with E-state index in [0.717, 1.165) is 0 Å². The second-order valence-electron chi connectivity index (χ2n) is 8.81. The Labute approximate surface area is 187 Å². The van der Waals surface area contributed by atoms with Crippen LogP contribution in [0.15, 0.2) is 29.1 Å². The number of nitrogens with zero attached hydrogens (tertiary/aromatic N) is 3. The molecule has 1 fully saturated rings. The first-order valence-corrected chi connectivity index (χ1v) is 12.5. The lowest BCUT2D eigenvalue weighted by atomic mass is 10.1. The number of aromatic nitrogens is 2. The third kappa shape index (κ3) is 5.17. The monoisotopic (exact) mass is 463 g/mol. The minimum Gasteiger partial charge on any atom is -0.451 e. The van der Waals surface area contributed by atoms with Crippen LogP contribution in [-0.4, -0.2) is 65.7 Å². The lowest BCUT2D eigenvalue weighted by Gasteiger charge is -2.29. The van der Waals surface area contributed by atoms with Gasteiger partial charge in [-0.3, -0.25) is 9.59 Å². The highest BCUT2D eigenvalue weighted by molar-refractivity contribution is 7.91. The maximum absolute atomic E-state index is 12.9. The minimum atomic E-state index is -3.17. The van der Waals surface area contributed by atoms with E-state index in [1.54, 1.807) is 38.1 Å². The van der Waals surface area contributed by atoms with Crippen LogP contribution in [0.5, 0.6) is 0 Å². The number of hydrogen-bond donors (Lipinski definition) is 0. The third-order valence-electron chi connectivity index (χ3n) is 5.37. The van der Waals surface area contributed by atoms with Gasteiger partial charge in [0.25, 0.3) is 11.5 Å². The van der Waals surface area contributed by atoms with E-state index in [1.807, 2.05) is 13.8 Å². The molecule has 9 nitrogen and oxygen atoms in total. The molecule has 32 heavy (non-hydrogen) atoms. The molecule has 1 unspecified atom stereocenters. The van der Waals surface area contributed by atoms with Crippen molar-refractivity contribution in [3.05, 3.63) is 40.3 Å². The number of rotatable bonds is 7. The van der Waals surface area contributed by atoms with Crippen LogP contribution in [0.2, 0.25) is 0 Å². The van der Waals surface area contributed by atoms with Crippen molar-refractivity contribution in [2.24, 2.45) is 5.92 Å². The van der Waals surface area contributed by atoms with Gasteiger partial charge in [-0.15, -0.1) is 0 Å². The van der Waals surface area contributed by atoms with E-state index in [1.165, 1.54) is 9.58 Å². The Bertz CT molecular complexity index is 1190. The van der Waals surface area contributed by atoms with Crippen molar-refractivity contribution >= 4 is 32.5 Å². The topological polar surface area (TPSA) is 116 Å². The fraction of sp³-hybridized carbons (Fsp3) is 0.545. The molecule has 0 aliphatic carbocycles. The Balaban J connectivity index is 1.82. The minimum absolute atomic E-state index is 0.0412. The summed E-state index contributed by atoms with van der Waals surface area (Å²) in [6.07, 6.45) is 0.375. The van der Waals surface area contributed by atoms with E-state index in [-0.39, 0.29) is 34.7 Å². The Morgan fingerprint density at radius 2 is 1.84 bits per heavy atom. The SMILES string of the molecule is CC(C)CN(C(=O)COC(=O)c1nn(C(C)C)c(=O)c2ccccc12)C1CCS(=O)(=O)C1. The van der Waals surface area contributed by atoms with Crippen LogP contribution in [0.1, 0.15) is 50.6 Å². The normalized spacial score (nSPS) is 17.8. The number of carbonyl (C=O) groups excluding carboxylic acids is 2. The standard InChI is InChI=1S/C22H29N3O6S/c1-14(2)11-24(16-9-10-32(29,30)13-16)19(26)12-31-22(28)20-17-7-5-6-8-18(17)21(27)25(23-20)15(3)4/h5-8,14-16H,9-13H2,1-4H3. The van der Waals surface area contributed by atoms with Crippen LogP contribution >= 0.6 is 0 Å². The zero-order chi connectivity index (χ0) is 23.6. The Morgan fingerprint density at radius 3 is 2.41 bits per heavy atom. The molecule has 1 aliphatic heterocycles. The van der Waals surface area contributed by atoms with E-state index in [0.29, 0.717) is 23.7 Å². The van der Waals surface area contributed by atoms with Crippen molar-refractivity contribution in [1.82, 2.24) is 14.7 Å². The Kier molecular flexibility index (Phi) is 7.02. The third-order valence-corrected chi connectivity index (χ3v) is 7.12. The summed E-state index contributed by atoms with van der Waals surface area (Å²) in [6, 6.07) is 5.93. The number of hydrogen-bond acceptors (Lipinski definition) is 7. The molecular formula is C22H29N3O6S. The van der Waals surface area contributed by atoms with Crippen LogP contribution in [0.25, 0.3) is 10.8 Å².